The van der Waals surface area contributed by atoms with Crippen LogP contribution in [0.4, 0.5) is 0 Å². The van der Waals surface area contributed by atoms with Crippen LogP contribution in [0.25, 0.3) is 0 Å². The molecule has 0 aromatic heterocycles. The molecule has 0 spiro atoms. The van der Waals surface area contributed by atoms with E-state index >= 15 is 0 Å². The number of carbonyl (C=O) groups excluding carboxylic acids is 1. The summed E-state index contributed by atoms with van der Waals surface area (Å²) in [5.74, 6) is 0.446. The van der Waals surface area contributed by atoms with E-state index in [9.17, 15) is 13.2 Å². The van der Waals surface area contributed by atoms with Crippen molar-refractivity contribution in [2.24, 2.45) is 0 Å². The van der Waals surface area contributed by atoms with Gasteiger partial charge in [-0.3, -0.25) is 4.79 Å². The monoisotopic (exact) mass is 421 g/mol. The van der Waals surface area contributed by atoms with Crippen LogP contribution in [-0.2, 0) is 27.6 Å². The average molecular weight is 422 g/mol. The summed E-state index contributed by atoms with van der Waals surface area (Å²) in [6.07, 6.45) is 1.37. The molecule has 1 aliphatic heterocycles. The van der Waals surface area contributed by atoms with Crippen molar-refractivity contribution in [1.82, 2.24) is 4.90 Å². The molecule has 0 unspecified atom stereocenters. The fourth-order valence-corrected chi connectivity index (χ4v) is 5.23. The number of nitrogens with zero attached hydrogens (tertiary/aromatic N) is 1. The van der Waals surface area contributed by atoms with Gasteiger partial charge in [0.05, 0.1) is 11.5 Å². The van der Waals surface area contributed by atoms with Gasteiger partial charge in [0.25, 0.3) is 5.91 Å². The van der Waals surface area contributed by atoms with Gasteiger partial charge in [0.1, 0.15) is 5.75 Å². The van der Waals surface area contributed by atoms with Crippen LogP contribution in [0.5, 0.6) is 5.75 Å². The van der Waals surface area contributed by atoms with E-state index in [4.69, 9.17) is 16.3 Å². The Balaban J connectivity index is 1.73. The predicted molar refractivity (Wildman–Crippen MR) is 110 cm³/mol. The van der Waals surface area contributed by atoms with Gasteiger partial charge in [-0.1, -0.05) is 48.9 Å². The molecule has 7 heteroatoms. The van der Waals surface area contributed by atoms with Crippen molar-refractivity contribution in [3.05, 3.63) is 64.7 Å². The maximum Gasteiger partial charge on any atom is 0.261 e. The number of halogens is 1. The maximum atomic E-state index is 12.9. The molecule has 1 heterocycles. The number of amides is 1. The number of hydrogen-bond acceptors (Lipinski definition) is 4. The maximum absolute atomic E-state index is 12.9. The highest BCUT2D eigenvalue weighted by atomic mass is 35.5. The van der Waals surface area contributed by atoms with Gasteiger partial charge in [-0.2, -0.15) is 0 Å². The number of rotatable bonds is 7. The summed E-state index contributed by atoms with van der Waals surface area (Å²) in [7, 11) is -3.12. The molecule has 0 radical (unpaired) electrons. The van der Waals surface area contributed by atoms with Crippen LogP contribution in [0.3, 0.4) is 0 Å². The van der Waals surface area contributed by atoms with E-state index in [0.717, 1.165) is 12.0 Å². The standard InChI is InChI=1S/C21H24ClNO4S/c1-2-16-7-9-19(10-8-16)27-14-21(24)23(18-11-12-28(25,26)15-18)13-17-5-3-4-6-20(17)22/h3-10,18H,2,11-15H2,1H3/t18-/m0/s1. The van der Waals surface area contributed by atoms with Gasteiger partial charge in [0.2, 0.25) is 0 Å². The van der Waals surface area contributed by atoms with Gasteiger partial charge in [-0.25, -0.2) is 8.42 Å². The van der Waals surface area contributed by atoms with E-state index in [-0.39, 0.29) is 36.6 Å². The fourth-order valence-electron chi connectivity index (χ4n) is 3.30. The summed E-state index contributed by atoms with van der Waals surface area (Å²) in [4.78, 5) is 14.5. The number of aryl methyl sites for hydroxylation is 1. The highest BCUT2D eigenvalue weighted by molar-refractivity contribution is 7.91. The van der Waals surface area contributed by atoms with Crippen LogP contribution in [0.15, 0.2) is 48.5 Å². The molecule has 2 aromatic carbocycles. The van der Waals surface area contributed by atoms with Crippen LogP contribution in [0.2, 0.25) is 5.02 Å². The second kappa shape index (κ2) is 8.97. The van der Waals surface area contributed by atoms with E-state index in [0.29, 0.717) is 17.2 Å². The van der Waals surface area contributed by atoms with E-state index in [2.05, 4.69) is 6.92 Å². The molecule has 150 valence electrons. The van der Waals surface area contributed by atoms with Crippen molar-refractivity contribution in [3.8, 4) is 5.75 Å². The molecule has 1 atom stereocenters. The molecule has 2 aromatic rings. The summed E-state index contributed by atoms with van der Waals surface area (Å²) in [6, 6.07) is 14.5. The fraction of sp³-hybridized carbons (Fsp3) is 0.381. The Bertz CT molecular complexity index is 928. The van der Waals surface area contributed by atoms with Crippen LogP contribution in [-0.4, -0.2) is 43.4 Å². The quantitative estimate of drug-likeness (QED) is 0.686. The third-order valence-electron chi connectivity index (χ3n) is 4.96. The zero-order chi connectivity index (χ0) is 20.1. The lowest BCUT2D eigenvalue weighted by molar-refractivity contribution is -0.136. The van der Waals surface area contributed by atoms with Gasteiger partial charge in [-0.05, 0) is 42.2 Å². The lowest BCUT2D eigenvalue weighted by Crippen LogP contribution is -2.43. The topological polar surface area (TPSA) is 63.7 Å². The van der Waals surface area contributed by atoms with E-state index in [1.54, 1.807) is 11.0 Å². The molecule has 0 N–H and O–H groups in total. The number of carbonyl (C=O) groups is 1. The van der Waals surface area contributed by atoms with E-state index in [1.807, 2.05) is 42.5 Å². The van der Waals surface area contributed by atoms with Crippen molar-refractivity contribution in [2.45, 2.75) is 32.4 Å². The minimum Gasteiger partial charge on any atom is -0.484 e. The summed E-state index contributed by atoms with van der Waals surface area (Å²) >= 11 is 6.25. The Labute approximate surface area is 171 Å². The van der Waals surface area contributed by atoms with Gasteiger partial charge in [0, 0.05) is 17.6 Å². The highest BCUT2D eigenvalue weighted by Crippen LogP contribution is 2.24. The number of benzene rings is 2. The molecule has 28 heavy (non-hydrogen) atoms. The Morgan fingerprint density at radius 1 is 1.18 bits per heavy atom. The smallest absolute Gasteiger partial charge is 0.261 e. The third-order valence-corrected chi connectivity index (χ3v) is 7.08. The number of ether oxygens (including phenoxy) is 1. The lowest BCUT2D eigenvalue weighted by Gasteiger charge is -2.28. The molecule has 1 amide bonds. The van der Waals surface area contributed by atoms with E-state index < -0.39 is 9.84 Å². The molecule has 1 saturated heterocycles. The normalized spacial score (nSPS) is 18.0. The summed E-state index contributed by atoms with van der Waals surface area (Å²) < 4.78 is 29.5. The summed E-state index contributed by atoms with van der Waals surface area (Å²) in [5.41, 5.74) is 1.98. The molecular formula is C21H24ClNO4S. The van der Waals surface area contributed by atoms with Crippen molar-refractivity contribution in [3.63, 3.8) is 0 Å². The number of sulfone groups is 1. The lowest BCUT2D eigenvalue weighted by atomic mass is 10.1. The Kier molecular flexibility index (Phi) is 6.62. The molecule has 0 aliphatic carbocycles. The van der Waals surface area contributed by atoms with Crippen molar-refractivity contribution >= 4 is 27.3 Å². The second-order valence-corrected chi connectivity index (χ2v) is 9.59. The molecule has 0 saturated carbocycles. The van der Waals surface area contributed by atoms with Crippen molar-refractivity contribution < 1.29 is 17.9 Å². The Morgan fingerprint density at radius 3 is 2.50 bits per heavy atom. The Morgan fingerprint density at radius 2 is 1.89 bits per heavy atom. The van der Waals surface area contributed by atoms with Crippen LogP contribution in [0, 0.1) is 0 Å². The third kappa shape index (κ3) is 5.26. The van der Waals surface area contributed by atoms with Gasteiger partial charge in [-0.15, -0.1) is 0 Å². The minimum atomic E-state index is -3.12. The molecular weight excluding hydrogens is 398 g/mol. The van der Waals surface area contributed by atoms with Crippen LogP contribution < -0.4 is 4.74 Å². The zero-order valence-electron chi connectivity index (χ0n) is 15.8. The van der Waals surface area contributed by atoms with Crippen molar-refractivity contribution in [1.29, 1.82) is 0 Å². The van der Waals surface area contributed by atoms with Crippen LogP contribution >= 0.6 is 11.6 Å². The van der Waals surface area contributed by atoms with Gasteiger partial charge >= 0.3 is 0 Å². The highest BCUT2D eigenvalue weighted by Gasteiger charge is 2.35. The van der Waals surface area contributed by atoms with Gasteiger partial charge < -0.3 is 9.64 Å². The largest absolute Gasteiger partial charge is 0.484 e. The first-order chi connectivity index (χ1) is 13.4. The van der Waals surface area contributed by atoms with E-state index in [1.165, 1.54) is 5.56 Å². The molecule has 1 aliphatic rings. The molecule has 1 fully saturated rings. The first-order valence-corrected chi connectivity index (χ1v) is 11.5. The zero-order valence-corrected chi connectivity index (χ0v) is 17.4. The Hall–Kier alpha value is -2.05. The summed E-state index contributed by atoms with van der Waals surface area (Å²) in [5, 5.41) is 0.553. The first kappa shape index (κ1) is 20.7. The van der Waals surface area contributed by atoms with Crippen molar-refractivity contribution in [2.75, 3.05) is 18.1 Å². The van der Waals surface area contributed by atoms with Gasteiger partial charge in [0.15, 0.2) is 16.4 Å². The predicted octanol–water partition coefficient (Wildman–Crippen LogP) is 3.50. The second-order valence-electron chi connectivity index (χ2n) is 6.96. The summed E-state index contributed by atoms with van der Waals surface area (Å²) in [6.45, 7) is 2.19. The molecule has 0 bridgehead atoms. The number of hydrogen-bond donors (Lipinski definition) is 0. The SMILES string of the molecule is CCc1ccc(OCC(=O)N(Cc2ccccc2Cl)[C@H]2CCS(=O)(=O)C2)cc1. The molecule has 3 rings (SSSR count). The average Bonchev–Trinajstić information content (AvgIpc) is 3.05. The first-order valence-electron chi connectivity index (χ1n) is 9.33. The van der Waals surface area contributed by atoms with Crippen LogP contribution in [0.1, 0.15) is 24.5 Å². The molecule has 5 nitrogen and oxygen atoms in total. The minimum absolute atomic E-state index is 0.0195.